The third-order valence-corrected chi connectivity index (χ3v) is 11.4. The molecule has 0 aliphatic heterocycles. The summed E-state index contributed by atoms with van der Waals surface area (Å²) in [6.07, 6.45) is 8.76. The van der Waals surface area contributed by atoms with Crippen molar-refractivity contribution in [3.05, 3.63) is 117 Å². The Morgan fingerprint density at radius 3 is 0.826 bits per heavy atom. The van der Waals surface area contributed by atoms with Crippen LogP contribution in [-0.4, -0.2) is 20.4 Å². The van der Waals surface area contributed by atoms with Gasteiger partial charge in [-0.3, -0.25) is 0 Å². The van der Waals surface area contributed by atoms with E-state index in [0.717, 1.165) is 73.6 Å². The SMILES string of the molecule is CC.Cc1cc(C2(c3ccc(O)c(C)c3)CCC(C3CCC(c4ccc(O)c(C)c4)(c4ccc(O)c(C)c4)CC3)CC2)ccc1O. The maximum atomic E-state index is 10.3. The van der Waals surface area contributed by atoms with Crippen molar-refractivity contribution in [2.45, 2.75) is 104 Å². The Labute approximate surface area is 275 Å². The lowest BCUT2D eigenvalue weighted by molar-refractivity contribution is 0.140. The zero-order valence-corrected chi connectivity index (χ0v) is 28.5. The smallest absolute Gasteiger partial charge is 0.118 e. The molecule has 0 unspecified atom stereocenters. The summed E-state index contributed by atoms with van der Waals surface area (Å²) in [6.45, 7) is 11.9. The molecule has 4 N–H and O–H groups in total. The Hall–Kier alpha value is -3.92. The zero-order chi connectivity index (χ0) is 33.2. The molecule has 4 aromatic rings. The second-order valence-electron chi connectivity index (χ2n) is 13.8. The van der Waals surface area contributed by atoms with E-state index in [1.165, 1.54) is 22.3 Å². The van der Waals surface area contributed by atoms with Crippen molar-refractivity contribution >= 4 is 0 Å². The third-order valence-electron chi connectivity index (χ3n) is 11.4. The van der Waals surface area contributed by atoms with Crippen molar-refractivity contribution in [2.24, 2.45) is 11.8 Å². The highest BCUT2D eigenvalue weighted by Gasteiger charge is 2.44. The molecule has 2 saturated carbocycles. The zero-order valence-electron chi connectivity index (χ0n) is 28.5. The van der Waals surface area contributed by atoms with Crippen LogP contribution in [0.3, 0.4) is 0 Å². The van der Waals surface area contributed by atoms with Crippen molar-refractivity contribution < 1.29 is 20.4 Å². The van der Waals surface area contributed by atoms with Gasteiger partial charge in [0.25, 0.3) is 0 Å². The molecule has 4 nitrogen and oxygen atoms in total. The minimum Gasteiger partial charge on any atom is -0.508 e. The topological polar surface area (TPSA) is 80.9 Å². The van der Waals surface area contributed by atoms with E-state index in [2.05, 4.69) is 48.5 Å². The lowest BCUT2D eigenvalue weighted by atomic mass is 9.57. The molecule has 0 radical (unpaired) electrons. The lowest BCUT2D eigenvalue weighted by Gasteiger charge is -2.47. The van der Waals surface area contributed by atoms with Crippen LogP contribution in [0.4, 0.5) is 0 Å². The van der Waals surface area contributed by atoms with Crippen LogP contribution in [0.15, 0.2) is 72.8 Å². The van der Waals surface area contributed by atoms with E-state index < -0.39 is 0 Å². The summed E-state index contributed by atoms with van der Waals surface area (Å²) in [5.74, 6) is 2.63. The number of aromatic hydroxyl groups is 4. The third kappa shape index (κ3) is 6.11. The average Bonchev–Trinajstić information content (AvgIpc) is 3.07. The van der Waals surface area contributed by atoms with Crippen LogP contribution >= 0.6 is 0 Å². The number of aryl methyl sites for hydroxylation is 4. The first-order valence-corrected chi connectivity index (χ1v) is 17.2. The van der Waals surface area contributed by atoms with Gasteiger partial charge in [-0.15, -0.1) is 0 Å². The van der Waals surface area contributed by atoms with Crippen LogP contribution in [0.5, 0.6) is 23.0 Å². The fourth-order valence-electron chi connectivity index (χ4n) is 8.51. The number of phenolic OH excluding ortho intramolecular Hbond substituents is 4. The quantitative estimate of drug-likeness (QED) is 0.179. The van der Waals surface area contributed by atoms with E-state index in [0.29, 0.717) is 34.8 Å². The largest absolute Gasteiger partial charge is 0.508 e. The highest BCUT2D eigenvalue weighted by Crippen LogP contribution is 2.54. The van der Waals surface area contributed by atoms with Gasteiger partial charge in [-0.25, -0.2) is 0 Å². The van der Waals surface area contributed by atoms with Gasteiger partial charge < -0.3 is 20.4 Å². The summed E-state index contributed by atoms with van der Waals surface area (Å²) in [6, 6.07) is 24.4. The van der Waals surface area contributed by atoms with Gasteiger partial charge in [0.1, 0.15) is 23.0 Å². The summed E-state index contributed by atoms with van der Waals surface area (Å²) in [7, 11) is 0. The minimum atomic E-state index is -0.140. The predicted octanol–water partition coefficient (Wildman–Crippen LogP) is 10.4. The first-order valence-electron chi connectivity index (χ1n) is 17.2. The Morgan fingerprint density at radius 2 is 0.630 bits per heavy atom. The second kappa shape index (κ2) is 13.4. The summed E-state index contributed by atoms with van der Waals surface area (Å²) < 4.78 is 0. The van der Waals surface area contributed by atoms with Gasteiger partial charge in [0.15, 0.2) is 0 Å². The first kappa shape index (κ1) is 33.4. The second-order valence-corrected chi connectivity index (χ2v) is 13.8. The van der Waals surface area contributed by atoms with Gasteiger partial charge in [0, 0.05) is 10.8 Å². The van der Waals surface area contributed by atoms with E-state index in [1.54, 1.807) is 0 Å². The molecule has 4 heteroatoms. The number of benzene rings is 4. The summed E-state index contributed by atoms with van der Waals surface area (Å²) in [4.78, 5) is 0. The number of hydrogen-bond donors (Lipinski definition) is 4. The van der Waals surface area contributed by atoms with Crippen molar-refractivity contribution in [3.63, 3.8) is 0 Å². The maximum Gasteiger partial charge on any atom is 0.118 e. The normalized spacial score (nSPS) is 18.0. The summed E-state index contributed by atoms with van der Waals surface area (Å²) in [5.41, 5.74) is 8.34. The van der Waals surface area contributed by atoms with Crippen LogP contribution in [0.2, 0.25) is 0 Å². The van der Waals surface area contributed by atoms with Crippen molar-refractivity contribution in [3.8, 4) is 23.0 Å². The molecule has 0 aromatic heterocycles. The maximum absolute atomic E-state index is 10.3. The number of rotatable bonds is 5. The molecule has 0 saturated heterocycles. The number of phenols is 4. The fourth-order valence-corrected chi connectivity index (χ4v) is 8.51. The molecule has 2 aliphatic carbocycles. The molecule has 0 heterocycles. The summed E-state index contributed by atoms with van der Waals surface area (Å²) in [5, 5.41) is 41.2. The molecule has 0 atom stereocenters. The molecule has 4 aromatic carbocycles. The molecule has 2 aliphatic rings. The molecule has 0 spiro atoms. The average molecular weight is 621 g/mol. The van der Waals surface area contributed by atoms with Gasteiger partial charge >= 0.3 is 0 Å². The molecule has 244 valence electrons. The van der Waals surface area contributed by atoms with Crippen molar-refractivity contribution in [2.75, 3.05) is 0 Å². The van der Waals surface area contributed by atoms with Gasteiger partial charge in [-0.1, -0.05) is 62.4 Å². The molecular weight excluding hydrogens is 568 g/mol. The Balaban J connectivity index is 0.00000204. The fraction of sp³-hybridized carbons (Fsp3) is 0.429. The van der Waals surface area contributed by atoms with Crippen LogP contribution in [0.1, 0.15) is 110 Å². The van der Waals surface area contributed by atoms with E-state index in [1.807, 2.05) is 65.8 Å². The van der Waals surface area contributed by atoms with Crippen LogP contribution in [0.25, 0.3) is 0 Å². The standard InChI is InChI=1S/C40H46O4.C2H6/c1-25-21-31(5-9-35(25)41)39(32-6-10-36(42)26(2)22-32)17-13-29(14-18-39)30-15-19-40(20-16-30,33-7-11-37(43)27(3)23-33)34-8-12-38(44)28(4)24-34;1-2/h5-12,21-24,29-30,41-44H,13-20H2,1-4H3;1-2H3. The van der Waals surface area contributed by atoms with E-state index in [4.69, 9.17) is 0 Å². The first-order chi connectivity index (χ1) is 22.0. The van der Waals surface area contributed by atoms with Crippen LogP contribution in [0, 0.1) is 39.5 Å². The minimum absolute atomic E-state index is 0.140. The Kier molecular flexibility index (Phi) is 9.77. The van der Waals surface area contributed by atoms with E-state index >= 15 is 0 Å². The van der Waals surface area contributed by atoms with Crippen molar-refractivity contribution in [1.29, 1.82) is 0 Å². The Bertz CT molecular complexity index is 1440. The number of hydrogen-bond acceptors (Lipinski definition) is 4. The predicted molar refractivity (Wildman–Crippen MR) is 188 cm³/mol. The molecule has 0 amide bonds. The molecule has 6 rings (SSSR count). The highest BCUT2D eigenvalue weighted by atomic mass is 16.3. The highest BCUT2D eigenvalue weighted by molar-refractivity contribution is 5.49. The lowest BCUT2D eigenvalue weighted by Crippen LogP contribution is -2.38. The van der Waals surface area contributed by atoms with Gasteiger partial charge in [0.2, 0.25) is 0 Å². The molecule has 46 heavy (non-hydrogen) atoms. The molecule has 0 bridgehead atoms. The monoisotopic (exact) mass is 620 g/mol. The van der Waals surface area contributed by atoms with E-state index in [-0.39, 0.29) is 10.8 Å². The van der Waals surface area contributed by atoms with Crippen molar-refractivity contribution in [1.82, 2.24) is 0 Å². The van der Waals surface area contributed by atoms with Crippen LogP contribution < -0.4 is 0 Å². The summed E-state index contributed by atoms with van der Waals surface area (Å²) >= 11 is 0. The van der Waals surface area contributed by atoms with Gasteiger partial charge in [-0.05, 0) is 160 Å². The van der Waals surface area contributed by atoms with Gasteiger partial charge in [-0.2, -0.15) is 0 Å². The van der Waals surface area contributed by atoms with Crippen LogP contribution in [-0.2, 0) is 10.8 Å². The Morgan fingerprint density at radius 1 is 0.413 bits per heavy atom. The molecule has 2 fully saturated rings. The van der Waals surface area contributed by atoms with E-state index in [9.17, 15) is 20.4 Å². The molecular formula is C42H52O4. The van der Waals surface area contributed by atoms with Gasteiger partial charge in [0.05, 0.1) is 0 Å².